The number of aryl methyl sites for hydroxylation is 1. The molecule has 1 aromatic rings. The van der Waals surface area contributed by atoms with Crippen LogP contribution in [0.5, 0.6) is 0 Å². The van der Waals surface area contributed by atoms with E-state index >= 15 is 0 Å². The van der Waals surface area contributed by atoms with E-state index in [2.05, 4.69) is 4.98 Å². The number of aliphatic carboxylic acids is 1. The topological polar surface area (TPSA) is 55.1 Å². The van der Waals surface area contributed by atoms with E-state index in [0.29, 0.717) is 5.15 Å². The van der Waals surface area contributed by atoms with Gasteiger partial charge in [-0.1, -0.05) is 11.6 Å². The second kappa shape index (κ2) is 3.85. The maximum absolute atomic E-state index is 10.6. The first-order valence-corrected chi connectivity index (χ1v) is 5.39. The summed E-state index contributed by atoms with van der Waals surface area (Å²) >= 11 is 5.97. The van der Waals surface area contributed by atoms with Crippen molar-refractivity contribution in [2.45, 2.75) is 32.7 Å². The fourth-order valence-electron chi connectivity index (χ4n) is 2.16. The van der Waals surface area contributed by atoms with E-state index in [0.717, 1.165) is 30.9 Å². The summed E-state index contributed by atoms with van der Waals surface area (Å²) in [5.41, 5.74) is 1.05. The van der Waals surface area contributed by atoms with Crippen molar-refractivity contribution in [2.24, 2.45) is 5.92 Å². The second-order valence-corrected chi connectivity index (χ2v) is 4.37. The molecule has 1 aromatic heterocycles. The summed E-state index contributed by atoms with van der Waals surface area (Å²) < 4.78 is 2.04. The number of fused-ring (bicyclic) bond motifs is 1. The van der Waals surface area contributed by atoms with E-state index in [-0.39, 0.29) is 12.3 Å². The quantitative estimate of drug-likeness (QED) is 0.841. The Morgan fingerprint density at radius 1 is 1.73 bits per heavy atom. The van der Waals surface area contributed by atoms with Crippen LogP contribution in [0, 0.1) is 12.8 Å². The third kappa shape index (κ3) is 2.00. The number of carboxylic acids is 1. The van der Waals surface area contributed by atoms with E-state index in [1.807, 2.05) is 11.5 Å². The molecule has 0 aromatic carbocycles. The number of halogens is 1. The number of nitrogens with zero attached hydrogens (tertiary/aromatic N) is 2. The lowest BCUT2D eigenvalue weighted by atomic mass is 9.95. The molecule has 0 saturated heterocycles. The van der Waals surface area contributed by atoms with Crippen LogP contribution >= 0.6 is 11.6 Å². The Labute approximate surface area is 92.9 Å². The Morgan fingerprint density at radius 2 is 2.47 bits per heavy atom. The Kier molecular flexibility index (Phi) is 2.69. The fourth-order valence-corrected chi connectivity index (χ4v) is 2.48. The van der Waals surface area contributed by atoms with Gasteiger partial charge >= 0.3 is 5.97 Å². The van der Waals surface area contributed by atoms with Crippen LogP contribution in [-0.2, 0) is 17.8 Å². The maximum Gasteiger partial charge on any atom is 0.303 e. The molecule has 0 fully saturated rings. The molecule has 5 heteroatoms. The first-order valence-electron chi connectivity index (χ1n) is 5.01. The van der Waals surface area contributed by atoms with Gasteiger partial charge in [-0.05, 0) is 25.7 Å². The van der Waals surface area contributed by atoms with Crippen LogP contribution in [-0.4, -0.2) is 20.6 Å². The van der Waals surface area contributed by atoms with Gasteiger partial charge in [-0.3, -0.25) is 4.79 Å². The number of imidazole rings is 1. The third-order valence-electron chi connectivity index (χ3n) is 2.91. The summed E-state index contributed by atoms with van der Waals surface area (Å²) in [4.78, 5) is 14.8. The molecule has 1 N–H and O–H groups in total. The van der Waals surface area contributed by atoms with Gasteiger partial charge in [0.2, 0.25) is 0 Å². The van der Waals surface area contributed by atoms with Crippen molar-refractivity contribution in [2.75, 3.05) is 0 Å². The summed E-state index contributed by atoms with van der Waals surface area (Å²) in [5, 5.41) is 9.31. The highest BCUT2D eigenvalue weighted by Crippen LogP contribution is 2.28. The molecule has 0 radical (unpaired) electrons. The minimum atomic E-state index is -0.729. The zero-order chi connectivity index (χ0) is 11.0. The first kappa shape index (κ1) is 10.5. The molecule has 1 unspecified atom stereocenters. The van der Waals surface area contributed by atoms with Crippen molar-refractivity contribution >= 4 is 17.6 Å². The van der Waals surface area contributed by atoms with E-state index < -0.39 is 5.97 Å². The smallest absolute Gasteiger partial charge is 0.303 e. The molecule has 2 rings (SSSR count). The van der Waals surface area contributed by atoms with Gasteiger partial charge in [0.25, 0.3) is 0 Å². The number of rotatable bonds is 2. The normalized spacial score (nSPS) is 20.0. The van der Waals surface area contributed by atoms with Gasteiger partial charge in [0, 0.05) is 13.0 Å². The minimum absolute atomic E-state index is 0.207. The highest BCUT2D eigenvalue weighted by Gasteiger charge is 2.24. The lowest BCUT2D eigenvalue weighted by Crippen LogP contribution is -2.23. The average molecular weight is 229 g/mol. The van der Waals surface area contributed by atoms with Gasteiger partial charge in [0.1, 0.15) is 5.82 Å². The van der Waals surface area contributed by atoms with Crippen LogP contribution < -0.4 is 0 Å². The van der Waals surface area contributed by atoms with E-state index in [4.69, 9.17) is 16.7 Å². The molecular formula is C10H13ClN2O2. The van der Waals surface area contributed by atoms with E-state index in [1.54, 1.807) is 0 Å². The predicted molar refractivity (Wildman–Crippen MR) is 56.0 cm³/mol. The van der Waals surface area contributed by atoms with Crippen LogP contribution in [0.15, 0.2) is 0 Å². The standard InChI is InChI=1S/C10H13ClN2O2/c1-6-12-10(11)8-3-2-7(4-9(14)15)5-13(6)8/h7H,2-5H2,1H3,(H,14,15). The molecule has 0 spiro atoms. The monoisotopic (exact) mass is 228 g/mol. The van der Waals surface area contributed by atoms with Crippen molar-refractivity contribution < 1.29 is 9.90 Å². The highest BCUT2D eigenvalue weighted by atomic mass is 35.5. The summed E-state index contributed by atoms with van der Waals surface area (Å²) in [5.74, 6) is 0.358. The van der Waals surface area contributed by atoms with Crippen molar-refractivity contribution in [1.29, 1.82) is 0 Å². The molecule has 1 aliphatic rings. The van der Waals surface area contributed by atoms with Crippen molar-refractivity contribution in [1.82, 2.24) is 9.55 Å². The zero-order valence-corrected chi connectivity index (χ0v) is 9.29. The summed E-state index contributed by atoms with van der Waals surface area (Å²) in [6.45, 7) is 2.63. The summed E-state index contributed by atoms with van der Waals surface area (Å²) in [7, 11) is 0. The number of hydrogen-bond donors (Lipinski definition) is 1. The fraction of sp³-hybridized carbons (Fsp3) is 0.600. The number of carbonyl (C=O) groups is 1. The van der Waals surface area contributed by atoms with Crippen molar-refractivity contribution in [3.63, 3.8) is 0 Å². The van der Waals surface area contributed by atoms with Gasteiger partial charge in [0.15, 0.2) is 5.15 Å². The van der Waals surface area contributed by atoms with Gasteiger partial charge in [-0.25, -0.2) is 4.98 Å². The number of carboxylic acid groups (broad SMARTS) is 1. The van der Waals surface area contributed by atoms with E-state index in [1.165, 1.54) is 0 Å². The Bertz CT molecular complexity index is 400. The second-order valence-electron chi connectivity index (χ2n) is 4.01. The average Bonchev–Trinajstić information content (AvgIpc) is 2.41. The lowest BCUT2D eigenvalue weighted by Gasteiger charge is -2.23. The number of aromatic nitrogens is 2. The first-order chi connectivity index (χ1) is 7.08. The molecule has 2 heterocycles. The van der Waals surface area contributed by atoms with Gasteiger partial charge < -0.3 is 9.67 Å². The van der Waals surface area contributed by atoms with Crippen LogP contribution in [0.4, 0.5) is 0 Å². The number of hydrogen-bond acceptors (Lipinski definition) is 2. The molecule has 15 heavy (non-hydrogen) atoms. The predicted octanol–water partition coefficient (Wildman–Crippen LogP) is 1.88. The molecule has 0 bridgehead atoms. The molecule has 0 saturated carbocycles. The highest BCUT2D eigenvalue weighted by molar-refractivity contribution is 6.30. The van der Waals surface area contributed by atoms with Gasteiger partial charge in [0.05, 0.1) is 5.69 Å². The van der Waals surface area contributed by atoms with Gasteiger partial charge in [-0.15, -0.1) is 0 Å². The summed E-state index contributed by atoms with van der Waals surface area (Å²) in [6, 6.07) is 0. The molecule has 4 nitrogen and oxygen atoms in total. The van der Waals surface area contributed by atoms with Crippen LogP contribution in [0.3, 0.4) is 0 Å². The largest absolute Gasteiger partial charge is 0.481 e. The molecular weight excluding hydrogens is 216 g/mol. The van der Waals surface area contributed by atoms with Crippen LogP contribution in [0.2, 0.25) is 5.15 Å². The molecule has 1 aliphatic heterocycles. The van der Waals surface area contributed by atoms with Crippen LogP contribution in [0.1, 0.15) is 24.4 Å². The Hall–Kier alpha value is -1.03. The zero-order valence-electron chi connectivity index (χ0n) is 8.53. The van der Waals surface area contributed by atoms with Crippen molar-refractivity contribution in [3.8, 4) is 0 Å². The van der Waals surface area contributed by atoms with Crippen LogP contribution in [0.25, 0.3) is 0 Å². The Balaban J connectivity index is 2.19. The third-order valence-corrected chi connectivity index (χ3v) is 3.21. The lowest BCUT2D eigenvalue weighted by molar-refractivity contribution is -0.138. The molecule has 0 aliphatic carbocycles. The van der Waals surface area contributed by atoms with Gasteiger partial charge in [-0.2, -0.15) is 0 Å². The molecule has 1 atom stereocenters. The minimum Gasteiger partial charge on any atom is -0.481 e. The Morgan fingerprint density at radius 3 is 3.13 bits per heavy atom. The molecule has 82 valence electrons. The van der Waals surface area contributed by atoms with Crippen molar-refractivity contribution in [3.05, 3.63) is 16.7 Å². The maximum atomic E-state index is 10.6. The SMILES string of the molecule is Cc1nc(Cl)c2n1CC(CC(=O)O)CC2. The molecule has 0 amide bonds. The summed E-state index contributed by atoms with van der Waals surface area (Å²) in [6.07, 6.45) is 1.95. The van der Waals surface area contributed by atoms with E-state index in [9.17, 15) is 4.79 Å².